The van der Waals surface area contributed by atoms with E-state index in [1.807, 2.05) is 0 Å². The highest BCUT2D eigenvalue weighted by Gasteiger charge is 2.28. The molecule has 0 aliphatic carbocycles. The third-order valence-corrected chi connectivity index (χ3v) is 5.82. The lowest BCUT2D eigenvalue weighted by Crippen LogP contribution is -2.32. The molecule has 0 unspecified atom stereocenters. The Hall–Kier alpha value is -2.62. The van der Waals surface area contributed by atoms with E-state index in [4.69, 9.17) is 9.97 Å². The van der Waals surface area contributed by atoms with Gasteiger partial charge in [-0.3, -0.25) is 0 Å². The summed E-state index contributed by atoms with van der Waals surface area (Å²) in [6, 6.07) is 12.8. The van der Waals surface area contributed by atoms with Gasteiger partial charge in [-0.25, -0.2) is 9.97 Å². The summed E-state index contributed by atoms with van der Waals surface area (Å²) in [5.41, 5.74) is 5.69. The zero-order valence-corrected chi connectivity index (χ0v) is 14.2. The minimum Gasteiger partial charge on any atom is -0.358 e. The second-order valence-corrected chi connectivity index (χ2v) is 7.30. The molecule has 25 heavy (non-hydrogen) atoms. The van der Waals surface area contributed by atoms with Gasteiger partial charge in [-0.2, -0.15) is 0 Å². The Labute approximate surface area is 146 Å². The van der Waals surface area contributed by atoms with Crippen LogP contribution in [0.1, 0.15) is 24.8 Å². The quantitative estimate of drug-likeness (QED) is 0.452. The molecule has 4 nitrogen and oxygen atoms in total. The maximum atomic E-state index is 5.15. The third-order valence-electron chi connectivity index (χ3n) is 5.82. The van der Waals surface area contributed by atoms with Gasteiger partial charge in [0.15, 0.2) is 5.65 Å². The minimum atomic E-state index is 1.01. The molecule has 4 heteroatoms. The van der Waals surface area contributed by atoms with Crippen LogP contribution in [0.25, 0.3) is 33.0 Å². The van der Waals surface area contributed by atoms with Gasteiger partial charge in [0.1, 0.15) is 11.3 Å². The van der Waals surface area contributed by atoms with Crippen LogP contribution in [0, 0.1) is 0 Å². The molecule has 4 heterocycles. The van der Waals surface area contributed by atoms with E-state index >= 15 is 0 Å². The summed E-state index contributed by atoms with van der Waals surface area (Å²) in [4.78, 5) is 12.8. The van der Waals surface area contributed by atoms with Crippen molar-refractivity contribution in [3.63, 3.8) is 0 Å². The van der Waals surface area contributed by atoms with E-state index in [-0.39, 0.29) is 0 Å². The highest BCUT2D eigenvalue weighted by molar-refractivity contribution is 6.06. The highest BCUT2D eigenvalue weighted by Crippen LogP contribution is 2.38. The van der Waals surface area contributed by atoms with Gasteiger partial charge in [0.25, 0.3) is 0 Å². The van der Waals surface area contributed by atoms with E-state index in [0.717, 1.165) is 35.2 Å². The van der Waals surface area contributed by atoms with Crippen LogP contribution in [0.5, 0.6) is 0 Å². The van der Waals surface area contributed by atoms with Crippen LogP contribution in [0.2, 0.25) is 0 Å². The molecule has 2 aromatic heterocycles. The van der Waals surface area contributed by atoms with Crippen LogP contribution in [-0.2, 0) is 13.0 Å². The van der Waals surface area contributed by atoms with Crippen molar-refractivity contribution in [3.8, 4) is 0 Å². The van der Waals surface area contributed by atoms with Crippen molar-refractivity contribution in [1.82, 2.24) is 14.5 Å². The third kappa shape index (κ3) is 1.82. The Bertz CT molecular complexity index is 1140. The van der Waals surface area contributed by atoms with E-state index in [0.29, 0.717) is 0 Å². The molecule has 2 aliphatic heterocycles. The molecule has 2 aromatic carbocycles. The topological polar surface area (TPSA) is 34.0 Å². The van der Waals surface area contributed by atoms with Crippen molar-refractivity contribution in [3.05, 3.63) is 42.0 Å². The number of nitrogens with zero attached hydrogens (tertiary/aromatic N) is 4. The Kier molecular flexibility index (Phi) is 2.70. The van der Waals surface area contributed by atoms with E-state index in [1.54, 1.807) is 0 Å². The van der Waals surface area contributed by atoms with Crippen molar-refractivity contribution in [2.45, 2.75) is 32.2 Å². The molecule has 0 bridgehead atoms. The summed E-state index contributed by atoms with van der Waals surface area (Å²) in [6.45, 7) is 3.41. The largest absolute Gasteiger partial charge is 0.358 e. The first-order valence-electron chi connectivity index (χ1n) is 9.36. The van der Waals surface area contributed by atoms with Gasteiger partial charge in [0.05, 0.1) is 11.0 Å². The van der Waals surface area contributed by atoms with Gasteiger partial charge < -0.3 is 9.47 Å². The molecule has 6 rings (SSSR count). The normalized spacial score (nSPS) is 17.2. The molecule has 0 saturated carbocycles. The fourth-order valence-corrected chi connectivity index (χ4v) is 4.69. The number of fused-ring (bicyclic) bond motifs is 6. The predicted octanol–water partition coefficient (Wildman–Crippen LogP) is 4.28. The lowest BCUT2D eigenvalue weighted by Gasteiger charge is -2.30. The Morgan fingerprint density at radius 3 is 2.72 bits per heavy atom. The van der Waals surface area contributed by atoms with Gasteiger partial charge in [-0.05, 0) is 37.1 Å². The summed E-state index contributed by atoms with van der Waals surface area (Å²) in [7, 11) is 0. The van der Waals surface area contributed by atoms with E-state index < -0.39 is 0 Å². The number of aryl methyl sites for hydroxylation is 2. The van der Waals surface area contributed by atoms with Crippen molar-refractivity contribution in [2.75, 3.05) is 18.0 Å². The van der Waals surface area contributed by atoms with Gasteiger partial charge in [0.2, 0.25) is 0 Å². The average molecular weight is 328 g/mol. The van der Waals surface area contributed by atoms with Gasteiger partial charge >= 0.3 is 0 Å². The summed E-state index contributed by atoms with van der Waals surface area (Å²) in [6.07, 6.45) is 4.86. The van der Waals surface area contributed by atoms with Crippen LogP contribution in [0.4, 0.5) is 5.82 Å². The molecular formula is C21H20N4. The summed E-state index contributed by atoms with van der Waals surface area (Å²) < 4.78 is 2.44. The maximum absolute atomic E-state index is 5.15. The number of benzene rings is 2. The smallest absolute Gasteiger partial charge is 0.161 e. The molecule has 2 aliphatic rings. The highest BCUT2D eigenvalue weighted by atomic mass is 15.3. The van der Waals surface area contributed by atoms with Gasteiger partial charge in [-0.15, -0.1) is 0 Å². The molecule has 0 saturated heterocycles. The number of rotatable bonds is 0. The van der Waals surface area contributed by atoms with Crippen molar-refractivity contribution in [2.24, 2.45) is 0 Å². The first-order valence-corrected chi connectivity index (χ1v) is 9.36. The fourth-order valence-electron chi connectivity index (χ4n) is 4.69. The van der Waals surface area contributed by atoms with Crippen molar-refractivity contribution >= 4 is 38.8 Å². The lowest BCUT2D eigenvalue weighted by molar-refractivity contribution is 0.568. The number of aromatic nitrogens is 3. The fraction of sp³-hybridized carbons (Fsp3) is 0.333. The SMILES string of the molecule is c1ccc2c(c1)ccc1nc3c4c5n(c3nc12)CCCN5CCCC4. The minimum absolute atomic E-state index is 1.01. The standard InChI is InChI=1S/C21H20N4/c1-2-7-15-14(6-1)9-10-17-18(15)23-20-19(22-17)16-8-3-4-11-24-12-5-13-25(20)21(16)24/h1-2,6-7,9-10H,3-5,8,11-13H2. The van der Waals surface area contributed by atoms with Crippen molar-refractivity contribution in [1.29, 1.82) is 0 Å². The van der Waals surface area contributed by atoms with Crippen LogP contribution < -0.4 is 4.90 Å². The Balaban J connectivity index is 1.76. The average Bonchev–Trinajstić information content (AvgIpc) is 2.82. The monoisotopic (exact) mass is 328 g/mol. The molecule has 0 atom stereocenters. The van der Waals surface area contributed by atoms with Crippen LogP contribution in [0.3, 0.4) is 0 Å². The summed E-state index contributed by atoms with van der Waals surface area (Å²) >= 11 is 0. The molecule has 0 amide bonds. The molecule has 124 valence electrons. The Morgan fingerprint density at radius 2 is 1.72 bits per heavy atom. The van der Waals surface area contributed by atoms with Gasteiger partial charge in [-0.1, -0.05) is 30.3 Å². The Morgan fingerprint density at radius 1 is 0.800 bits per heavy atom. The molecule has 0 N–H and O–H groups in total. The predicted molar refractivity (Wildman–Crippen MR) is 102 cm³/mol. The molecule has 0 fully saturated rings. The zero-order valence-electron chi connectivity index (χ0n) is 14.2. The molecule has 0 radical (unpaired) electrons. The molecule has 0 spiro atoms. The van der Waals surface area contributed by atoms with Gasteiger partial charge in [0, 0.05) is 30.6 Å². The van der Waals surface area contributed by atoms with E-state index in [9.17, 15) is 0 Å². The van der Waals surface area contributed by atoms with Crippen LogP contribution in [0.15, 0.2) is 36.4 Å². The van der Waals surface area contributed by atoms with Crippen molar-refractivity contribution < 1.29 is 0 Å². The lowest BCUT2D eigenvalue weighted by atomic mass is 10.1. The van der Waals surface area contributed by atoms with Crippen LogP contribution >= 0.6 is 0 Å². The first-order chi connectivity index (χ1) is 12.4. The molecular weight excluding hydrogens is 308 g/mol. The van der Waals surface area contributed by atoms with E-state index in [1.165, 1.54) is 54.5 Å². The second kappa shape index (κ2) is 4.94. The zero-order chi connectivity index (χ0) is 16.4. The maximum Gasteiger partial charge on any atom is 0.161 e. The second-order valence-electron chi connectivity index (χ2n) is 7.30. The summed E-state index contributed by atoms with van der Waals surface area (Å²) in [5.74, 6) is 1.40. The number of anilines is 1. The van der Waals surface area contributed by atoms with E-state index in [2.05, 4.69) is 45.9 Å². The van der Waals surface area contributed by atoms with Crippen LogP contribution in [-0.4, -0.2) is 27.6 Å². The molecule has 4 aromatic rings. The number of hydrogen-bond acceptors (Lipinski definition) is 3. The number of hydrogen-bond donors (Lipinski definition) is 0. The summed E-state index contributed by atoms with van der Waals surface area (Å²) in [5, 5.41) is 2.43. The first kappa shape index (κ1) is 13.6.